The van der Waals surface area contributed by atoms with Crippen LogP contribution in [0.15, 0.2) is 45.5 Å². The Morgan fingerprint density at radius 2 is 2.00 bits per heavy atom. The minimum Gasteiger partial charge on any atom is -0.261 e. The van der Waals surface area contributed by atoms with Crippen molar-refractivity contribution in [3.05, 3.63) is 62.3 Å². The van der Waals surface area contributed by atoms with Crippen LogP contribution in [0.2, 0.25) is 0 Å². The number of halogens is 3. The lowest BCUT2D eigenvalue weighted by Crippen LogP contribution is -1.99. The van der Waals surface area contributed by atoms with Gasteiger partial charge >= 0.3 is 0 Å². The second-order valence-corrected chi connectivity index (χ2v) is 6.46. The van der Waals surface area contributed by atoms with Gasteiger partial charge in [0.15, 0.2) is 0 Å². The van der Waals surface area contributed by atoms with Crippen molar-refractivity contribution in [2.24, 2.45) is 0 Å². The number of hydrogen-bond acceptors (Lipinski definition) is 1. The SMILES string of the molecule is Cc1ccc(CC(Cl)c2ccc(Br)cc2Br)nc1. The molecule has 1 nitrogen and oxygen atoms in total. The number of benzene rings is 1. The molecule has 0 radical (unpaired) electrons. The minimum atomic E-state index is -0.0809. The standard InChI is InChI=1S/C14H12Br2ClN/c1-9-2-4-11(18-8-9)7-14(17)12-5-3-10(15)6-13(12)16/h2-6,8,14H,7H2,1H3. The van der Waals surface area contributed by atoms with Gasteiger partial charge in [-0.2, -0.15) is 0 Å². The molecule has 0 aliphatic rings. The lowest BCUT2D eigenvalue weighted by Gasteiger charge is -2.12. The number of nitrogens with zero attached hydrogens (tertiary/aromatic N) is 1. The fourth-order valence-electron chi connectivity index (χ4n) is 1.67. The maximum Gasteiger partial charge on any atom is 0.0651 e. The monoisotopic (exact) mass is 387 g/mol. The van der Waals surface area contributed by atoms with E-state index in [1.807, 2.05) is 37.4 Å². The van der Waals surface area contributed by atoms with E-state index in [0.717, 1.165) is 32.2 Å². The van der Waals surface area contributed by atoms with E-state index in [2.05, 4.69) is 42.9 Å². The third-order valence-corrected chi connectivity index (χ3v) is 4.23. The summed E-state index contributed by atoms with van der Waals surface area (Å²) in [7, 11) is 0. The predicted octanol–water partition coefficient (Wildman–Crippen LogP) is 5.44. The summed E-state index contributed by atoms with van der Waals surface area (Å²) in [6.45, 7) is 2.03. The van der Waals surface area contributed by atoms with Crippen molar-refractivity contribution in [2.75, 3.05) is 0 Å². The van der Waals surface area contributed by atoms with Crippen LogP contribution in [0, 0.1) is 6.92 Å². The van der Waals surface area contributed by atoms with Gasteiger partial charge in [-0.1, -0.05) is 44.0 Å². The van der Waals surface area contributed by atoms with Gasteiger partial charge in [0.25, 0.3) is 0 Å². The van der Waals surface area contributed by atoms with Crippen molar-refractivity contribution in [1.29, 1.82) is 0 Å². The molecule has 2 rings (SSSR count). The van der Waals surface area contributed by atoms with Gasteiger partial charge in [-0.3, -0.25) is 4.98 Å². The summed E-state index contributed by atoms with van der Waals surface area (Å²) in [5.74, 6) is 0. The van der Waals surface area contributed by atoms with Crippen molar-refractivity contribution in [2.45, 2.75) is 18.7 Å². The van der Waals surface area contributed by atoms with Crippen molar-refractivity contribution < 1.29 is 0 Å². The summed E-state index contributed by atoms with van der Waals surface area (Å²) in [5.41, 5.74) is 3.26. The summed E-state index contributed by atoms with van der Waals surface area (Å²) in [4.78, 5) is 4.38. The molecule has 4 heteroatoms. The Morgan fingerprint density at radius 3 is 2.61 bits per heavy atom. The van der Waals surface area contributed by atoms with Crippen LogP contribution >= 0.6 is 43.5 Å². The van der Waals surface area contributed by atoms with Crippen LogP contribution in [0.25, 0.3) is 0 Å². The molecule has 2 aromatic rings. The van der Waals surface area contributed by atoms with E-state index in [4.69, 9.17) is 11.6 Å². The Balaban J connectivity index is 2.16. The molecule has 0 aliphatic carbocycles. The van der Waals surface area contributed by atoms with Crippen LogP contribution in [0.3, 0.4) is 0 Å². The fraction of sp³-hybridized carbons (Fsp3) is 0.214. The Bertz CT molecular complexity index is 540. The molecule has 18 heavy (non-hydrogen) atoms. The zero-order valence-corrected chi connectivity index (χ0v) is 13.8. The average molecular weight is 390 g/mol. The number of rotatable bonds is 3. The highest BCUT2D eigenvalue weighted by atomic mass is 79.9. The van der Waals surface area contributed by atoms with Crippen LogP contribution in [-0.4, -0.2) is 4.98 Å². The first-order valence-electron chi connectivity index (χ1n) is 5.57. The number of pyridine rings is 1. The molecule has 1 atom stereocenters. The Kier molecular flexibility index (Phi) is 4.82. The van der Waals surface area contributed by atoms with E-state index >= 15 is 0 Å². The van der Waals surface area contributed by atoms with Crippen molar-refractivity contribution in [3.63, 3.8) is 0 Å². The van der Waals surface area contributed by atoms with Gasteiger partial charge in [-0.05, 0) is 36.2 Å². The molecular formula is C14H12Br2ClN. The van der Waals surface area contributed by atoms with Crippen LogP contribution in [-0.2, 0) is 6.42 Å². The second-order valence-electron chi connectivity index (χ2n) is 4.16. The van der Waals surface area contributed by atoms with E-state index in [9.17, 15) is 0 Å². The van der Waals surface area contributed by atoms with Crippen LogP contribution in [0.5, 0.6) is 0 Å². The Morgan fingerprint density at radius 1 is 1.22 bits per heavy atom. The molecular weight excluding hydrogens is 377 g/mol. The normalized spacial score (nSPS) is 12.4. The first kappa shape index (κ1) is 14.0. The fourth-order valence-corrected chi connectivity index (χ4v) is 3.47. The van der Waals surface area contributed by atoms with Gasteiger partial charge in [0, 0.05) is 27.3 Å². The number of aromatic nitrogens is 1. The predicted molar refractivity (Wildman–Crippen MR) is 83.1 cm³/mol. The molecule has 0 saturated heterocycles. The molecule has 1 aromatic heterocycles. The van der Waals surface area contributed by atoms with E-state index in [1.165, 1.54) is 0 Å². The van der Waals surface area contributed by atoms with Crippen molar-refractivity contribution >= 4 is 43.5 Å². The summed E-state index contributed by atoms with van der Waals surface area (Å²) in [6.07, 6.45) is 2.59. The van der Waals surface area contributed by atoms with Crippen molar-refractivity contribution in [1.82, 2.24) is 4.98 Å². The highest BCUT2D eigenvalue weighted by molar-refractivity contribution is 9.11. The molecule has 1 unspecified atom stereocenters. The molecule has 94 valence electrons. The zero-order valence-electron chi connectivity index (χ0n) is 9.83. The first-order chi connectivity index (χ1) is 8.56. The lowest BCUT2D eigenvalue weighted by molar-refractivity contribution is 0.874. The van der Waals surface area contributed by atoms with E-state index in [-0.39, 0.29) is 5.38 Å². The van der Waals surface area contributed by atoms with E-state index in [1.54, 1.807) is 0 Å². The molecule has 0 bridgehead atoms. The summed E-state index contributed by atoms with van der Waals surface area (Å²) in [6, 6.07) is 10.1. The minimum absolute atomic E-state index is 0.0809. The van der Waals surface area contributed by atoms with Crippen LogP contribution in [0.4, 0.5) is 0 Å². The molecule has 0 aliphatic heterocycles. The van der Waals surface area contributed by atoms with Gasteiger partial charge in [0.2, 0.25) is 0 Å². The largest absolute Gasteiger partial charge is 0.261 e. The maximum absolute atomic E-state index is 6.45. The maximum atomic E-state index is 6.45. The highest BCUT2D eigenvalue weighted by Crippen LogP contribution is 2.32. The van der Waals surface area contributed by atoms with Gasteiger partial charge in [-0.25, -0.2) is 0 Å². The number of alkyl halides is 1. The van der Waals surface area contributed by atoms with Crippen molar-refractivity contribution in [3.8, 4) is 0 Å². The second kappa shape index (κ2) is 6.18. The molecule has 0 fully saturated rings. The van der Waals surface area contributed by atoms with Gasteiger partial charge in [0.05, 0.1) is 5.38 Å². The van der Waals surface area contributed by atoms with Crippen LogP contribution in [0.1, 0.15) is 22.2 Å². The zero-order chi connectivity index (χ0) is 13.1. The number of hydrogen-bond donors (Lipinski definition) is 0. The van der Waals surface area contributed by atoms with Gasteiger partial charge in [0.1, 0.15) is 0 Å². The quantitative estimate of drug-likeness (QED) is 0.637. The summed E-state index contributed by atoms with van der Waals surface area (Å²) in [5, 5.41) is -0.0809. The summed E-state index contributed by atoms with van der Waals surface area (Å²) >= 11 is 13.4. The number of aryl methyl sites for hydroxylation is 1. The topological polar surface area (TPSA) is 12.9 Å². The molecule has 0 N–H and O–H groups in total. The molecule has 1 heterocycles. The smallest absolute Gasteiger partial charge is 0.0651 e. The third-order valence-electron chi connectivity index (χ3n) is 2.66. The first-order valence-corrected chi connectivity index (χ1v) is 7.59. The van der Waals surface area contributed by atoms with E-state index < -0.39 is 0 Å². The Labute approximate surface area is 129 Å². The third kappa shape index (κ3) is 3.56. The van der Waals surface area contributed by atoms with Gasteiger partial charge in [-0.15, -0.1) is 11.6 Å². The summed E-state index contributed by atoms with van der Waals surface area (Å²) < 4.78 is 2.06. The van der Waals surface area contributed by atoms with Crippen LogP contribution < -0.4 is 0 Å². The lowest BCUT2D eigenvalue weighted by atomic mass is 10.1. The molecule has 1 aromatic carbocycles. The van der Waals surface area contributed by atoms with E-state index in [0.29, 0.717) is 0 Å². The molecule has 0 amide bonds. The highest BCUT2D eigenvalue weighted by Gasteiger charge is 2.13. The molecule has 0 spiro atoms. The molecule has 0 saturated carbocycles. The Hall–Kier alpha value is -0.380. The average Bonchev–Trinajstić information content (AvgIpc) is 2.32. The van der Waals surface area contributed by atoms with Gasteiger partial charge < -0.3 is 0 Å².